The molecule has 2 heteroatoms. The summed E-state index contributed by atoms with van der Waals surface area (Å²) in [6.45, 7) is 4.75. The average molecular weight is 182 g/mol. The summed E-state index contributed by atoms with van der Waals surface area (Å²) in [7, 11) is 0. The van der Waals surface area contributed by atoms with Crippen molar-refractivity contribution < 1.29 is 0 Å². The lowest BCUT2D eigenvalue weighted by Crippen LogP contribution is -2.41. The fourth-order valence-corrected chi connectivity index (χ4v) is 2.76. The van der Waals surface area contributed by atoms with Gasteiger partial charge in [-0.05, 0) is 38.6 Å². The molecule has 13 heavy (non-hydrogen) atoms. The second kappa shape index (κ2) is 4.43. The molecule has 2 rings (SSSR count). The summed E-state index contributed by atoms with van der Waals surface area (Å²) < 4.78 is 0. The third-order valence-corrected chi connectivity index (χ3v) is 3.67. The quantitative estimate of drug-likeness (QED) is 0.691. The van der Waals surface area contributed by atoms with Crippen molar-refractivity contribution in [1.29, 1.82) is 0 Å². The third-order valence-electron chi connectivity index (χ3n) is 3.67. The molecular weight excluding hydrogens is 160 g/mol. The van der Waals surface area contributed by atoms with E-state index in [1.54, 1.807) is 0 Å². The molecule has 1 aliphatic carbocycles. The predicted octanol–water partition coefficient (Wildman–Crippen LogP) is 1.52. The Labute approximate surface area is 81.5 Å². The van der Waals surface area contributed by atoms with Crippen LogP contribution in [-0.2, 0) is 0 Å². The van der Waals surface area contributed by atoms with Crippen LogP contribution in [-0.4, -0.2) is 25.2 Å². The Bertz CT molecular complexity index is 146. The van der Waals surface area contributed by atoms with Gasteiger partial charge in [-0.1, -0.05) is 12.8 Å². The molecule has 76 valence electrons. The summed E-state index contributed by atoms with van der Waals surface area (Å²) in [5.74, 6) is 0.959. The predicted molar refractivity (Wildman–Crippen MR) is 55.8 cm³/mol. The van der Waals surface area contributed by atoms with Gasteiger partial charge in [0.25, 0.3) is 0 Å². The number of nitrogens with one attached hydrogen (secondary N) is 2. The van der Waals surface area contributed by atoms with Crippen molar-refractivity contribution in [3.05, 3.63) is 0 Å². The van der Waals surface area contributed by atoms with Gasteiger partial charge in [0.2, 0.25) is 0 Å². The molecule has 0 aromatic rings. The molecule has 0 spiro atoms. The Hall–Kier alpha value is -0.0800. The minimum Gasteiger partial charge on any atom is -0.315 e. The SMILES string of the molecule is C[C@@H](NC1CCNC1)C1CCCC1. The van der Waals surface area contributed by atoms with Crippen LogP contribution in [0.5, 0.6) is 0 Å². The Morgan fingerprint density at radius 3 is 2.62 bits per heavy atom. The molecular formula is C11H22N2. The van der Waals surface area contributed by atoms with Gasteiger partial charge in [0.1, 0.15) is 0 Å². The summed E-state index contributed by atoms with van der Waals surface area (Å²) in [5.41, 5.74) is 0. The maximum atomic E-state index is 3.76. The summed E-state index contributed by atoms with van der Waals surface area (Å²) in [5, 5.41) is 7.16. The van der Waals surface area contributed by atoms with Gasteiger partial charge in [0.15, 0.2) is 0 Å². The highest BCUT2D eigenvalue weighted by Crippen LogP contribution is 2.27. The second-order valence-electron chi connectivity index (χ2n) is 4.69. The maximum absolute atomic E-state index is 3.76. The highest BCUT2D eigenvalue weighted by molar-refractivity contribution is 4.84. The lowest BCUT2D eigenvalue weighted by Gasteiger charge is -2.24. The summed E-state index contributed by atoms with van der Waals surface area (Å²) in [6.07, 6.45) is 7.14. The van der Waals surface area contributed by atoms with Crippen LogP contribution in [0.15, 0.2) is 0 Å². The molecule has 0 aromatic heterocycles. The highest BCUT2D eigenvalue weighted by atomic mass is 15.0. The molecule has 1 saturated heterocycles. The highest BCUT2D eigenvalue weighted by Gasteiger charge is 2.24. The summed E-state index contributed by atoms with van der Waals surface area (Å²) in [6, 6.07) is 1.49. The molecule has 0 radical (unpaired) electrons. The van der Waals surface area contributed by atoms with Gasteiger partial charge in [-0.3, -0.25) is 0 Å². The molecule has 2 N–H and O–H groups in total. The first-order valence-electron chi connectivity index (χ1n) is 5.83. The Balaban J connectivity index is 1.73. The lowest BCUT2D eigenvalue weighted by molar-refractivity contribution is 0.349. The first-order chi connectivity index (χ1) is 6.36. The van der Waals surface area contributed by atoms with Crippen molar-refractivity contribution in [1.82, 2.24) is 10.6 Å². The van der Waals surface area contributed by atoms with Crippen molar-refractivity contribution in [2.75, 3.05) is 13.1 Å². The Kier molecular flexibility index (Phi) is 3.23. The zero-order valence-corrected chi connectivity index (χ0v) is 8.68. The molecule has 2 fully saturated rings. The summed E-state index contributed by atoms with van der Waals surface area (Å²) >= 11 is 0. The van der Waals surface area contributed by atoms with Gasteiger partial charge in [-0.15, -0.1) is 0 Å². The van der Waals surface area contributed by atoms with E-state index in [4.69, 9.17) is 0 Å². The van der Waals surface area contributed by atoms with E-state index >= 15 is 0 Å². The van der Waals surface area contributed by atoms with Crippen LogP contribution >= 0.6 is 0 Å². The van der Waals surface area contributed by atoms with E-state index in [-0.39, 0.29) is 0 Å². The average Bonchev–Trinajstić information content (AvgIpc) is 2.74. The van der Waals surface area contributed by atoms with Crippen molar-refractivity contribution >= 4 is 0 Å². The minimum absolute atomic E-state index is 0.743. The van der Waals surface area contributed by atoms with Gasteiger partial charge >= 0.3 is 0 Å². The molecule has 2 nitrogen and oxygen atoms in total. The zero-order valence-electron chi connectivity index (χ0n) is 8.68. The van der Waals surface area contributed by atoms with Crippen molar-refractivity contribution in [3.63, 3.8) is 0 Å². The van der Waals surface area contributed by atoms with E-state index in [1.165, 1.54) is 45.2 Å². The van der Waals surface area contributed by atoms with Gasteiger partial charge in [-0.2, -0.15) is 0 Å². The van der Waals surface area contributed by atoms with E-state index in [2.05, 4.69) is 17.6 Å². The van der Waals surface area contributed by atoms with Crippen LogP contribution < -0.4 is 10.6 Å². The van der Waals surface area contributed by atoms with Crippen LogP contribution in [0.4, 0.5) is 0 Å². The van der Waals surface area contributed by atoms with Gasteiger partial charge in [0.05, 0.1) is 0 Å². The minimum atomic E-state index is 0.743. The van der Waals surface area contributed by atoms with Gasteiger partial charge < -0.3 is 10.6 Å². The number of rotatable bonds is 3. The van der Waals surface area contributed by atoms with Gasteiger partial charge in [0, 0.05) is 18.6 Å². The standard InChI is InChI=1S/C11H22N2/c1-9(10-4-2-3-5-10)13-11-6-7-12-8-11/h9-13H,2-8H2,1H3/t9-,11?/m1/s1. The normalized spacial score (nSPS) is 32.5. The molecule has 1 heterocycles. The smallest absolute Gasteiger partial charge is 0.0207 e. The van der Waals surface area contributed by atoms with Crippen molar-refractivity contribution in [2.45, 2.75) is 51.1 Å². The first-order valence-corrected chi connectivity index (χ1v) is 5.83. The third kappa shape index (κ3) is 2.44. The molecule has 1 aliphatic heterocycles. The van der Waals surface area contributed by atoms with Crippen LogP contribution in [0.25, 0.3) is 0 Å². The number of hydrogen-bond acceptors (Lipinski definition) is 2. The van der Waals surface area contributed by atoms with E-state index in [0.29, 0.717) is 0 Å². The molecule has 2 atom stereocenters. The Morgan fingerprint density at radius 2 is 2.00 bits per heavy atom. The monoisotopic (exact) mass is 182 g/mol. The zero-order chi connectivity index (χ0) is 9.10. The summed E-state index contributed by atoms with van der Waals surface area (Å²) in [4.78, 5) is 0. The Morgan fingerprint density at radius 1 is 1.23 bits per heavy atom. The second-order valence-corrected chi connectivity index (χ2v) is 4.69. The fourth-order valence-electron chi connectivity index (χ4n) is 2.76. The maximum Gasteiger partial charge on any atom is 0.0207 e. The van der Waals surface area contributed by atoms with Crippen LogP contribution in [0.2, 0.25) is 0 Å². The van der Waals surface area contributed by atoms with E-state index in [1.807, 2.05) is 0 Å². The van der Waals surface area contributed by atoms with E-state index < -0.39 is 0 Å². The van der Waals surface area contributed by atoms with E-state index in [9.17, 15) is 0 Å². The molecule has 0 amide bonds. The van der Waals surface area contributed by atoms with Crippen LogP contribution in [0, 0.1) is 5.92 Å². The fraction of sp³-hybridized carbons (Fsp3) is 1.00. The largest absolute Gasteiger partial charge is 0.315 e. The molecule has 0 bridgehead atoms. The number of hydrogen-bond donors (Lipinski definition) is 2. The lowest BCUT2D eigenvalue weighted by atomic mass is 9.99. The molecule has 2 aliphatic rings. The molecule has 0 aromatic carbocycles. The van der Waals surface area contributed by atoms with Crippen molar-refractivity contribution in [2.24, 2.45) is 5.92 Å². The first kappa shape index (κ1) is 9.47. The molecule has 1 unspecified atom stereocenters. The van der Waals surface area contributed by atoms with Crippen LogP contribution in [0.3, 0.4) is 0 Å². The van der Waals surface area contributed by atoms with Gasteiger partial charge in [-0.25, -0.2) is 0 Å². The molecule has 1 saturated carbocycles. The van der Waals surface area contributed by atoms with E-state index in [0.717, 1.165) is 18.0 Å². The van der Waals surface area contributed by atoms with Crippen LogP contribution in [0.1, 0.15) is 39.0 Å². The topological polar surface area (TPSA) is 24.1 Å². The van der Waals surface area contributed by atoms with Crippen molar-refractivity contribution in [3.8, 4) is 0 Å².